The van der Waals surface area contributed by atoms with Crippen molar-refractivity contribution in [2.24, 2.45) is 5.92 Å². The molecule has 1 aliphatic heterocycles. The number of nitrogens with zero attached hydrogens (tertiary/aromatic N) is 2. The maximum Gasteiger partial charge on any atom is 0.227 e. The number of rotatable bonds is 7. The third kappa shape index (κ3) is 4.09. The van der Waals surface area contributed by atoms with Gasteiger partial charge < -0.3 is 19.7 Å². The highest BCUT2D eigenvalue weighted by molar-refractivity contribution is 7.18. The number of hydrogen-bond donors (Lipinski definition) is 1. The Morgan fingerprint density at radius 3 is 2.83 bits per heavy atom. The van der Waals surface area contributed by atoms with Crippen molar-refractivity contribution in [3.05, 3.63) is 47.5 Å². The van der Waals surface area contributed by atoms with Crippen LogP contribution in [0.25, 0.3) is 10.2 Å². The van der Waals surface area contributed by atoms with Crippen LogP contribution in [0.15, 0.2) is 42.5 Å². The number of benzene rings is 2. The Kier molecular flexibility index (Phi) is 5.85. The van der Waals surface area contributed by atoms with Crippen LogP contribution in [0.1, 0.15) is 11.4 Å². The van der Waals surface area contributed by atoms with Gasteiger partial charge in [0.25, 0.3) is 0 Å². The van der Waals surface area contributed by atoms with Crippen LogP contribution in [0.5, 0.6) is 11.5 Å². The van der Waals surface area contributed by atoms with Crippen molar-refractivity contribution in [3.63, 3.8) is 0 Å². The van der Waals surface area contributed by atoms with Crippen LogP contribution in [0, 0.1) is 5.92 Å². The van der Waals surface area contributed by atoms with Crippen molar-refractivity contribution >= 4 is 39.1 Å². The van der Waals surface area contributed by atoms with Gasteiger partial charge in [-0.1, -0.05) is 12.1 Å². The maximum atomic E-state index is 12.6. The van der Waals surface area contributed by atoms with E-state index in [1.807, 2.05) is 24.3 Å². The first-order valence-electron chi connectivity index (χ1n) is 9.73. The van der Waals surface area contributed by atoms with Gasteiger partial charge in [-0.15, -0.1) is 11.3 Å². The topological polar surface area (TPSA) is 80.8 Å². The predicted octanol–water partition coefficient (Wildman–Crippen LogP) is 3.03. The van der Waals surface area contributed by atoms with Crippen LogP contribution in [0.3, 0.4) is 0 Å². The minimum absolute atomic E-state index is 0.104. The van der Waals surface area contributed by atoms with E-state index in [0.29, 0.717) is 36.7 Å². The van der Waals surface area contributed by atoms with Crippen molar-refractivity contribution in [1.29, 1.82) is 0 Å². The van der Waals surface area contributed by atoms with Crippen LogP contribution < -0.4 is 19.7 Å². The lowest BCUT2D eigenvalue weighted by molar-refractivity contribution is -0.126. The largest absolute Gasteiger partial charge is 0.497 e. The number of hydrogen-bond acceptors (Lipinski definition) is 6. The predicted molar refractivity (Wildman–Crippen MR) is 116 cm³/mol. The lowest BCUT2D eigenvalue weighted by Gasteiger charge is -2.20. The van der Waals surface area contributed by atoms with Gasteiger partial charge in [-0.2, -0.15) is 0 Å². The van der Waals surface area contributed by atoms with Crippen molar-refractivity contribution < 1.29 is 19.1 Å². The van der Waals surface area contributed by atoms with E-state index in [1.165, 1.54) is 0 Å². The zero-order valence-electron chi connectivity index (χ0n) is 16.9. The monoisotopic (exact) mass is 425 g/mol. The number of carbonyl (C=O) groups is 2. The van der Waals surface area contributed by atoms with Crippen molar-refractivity contribution in [1.82, 2.24) is 10.3 Å². The van der Waals surface area contributed by atoms with Crippen molar-refractivity contribution in [2.45, 2.75) is 12.8 Å². The summed E-state index contributed by atoms with van der Waals surface area (Å²) >= 11 is 1.64. The number of fused-ring (bicyclic) bond motifs is 1. The summed E-state index contributed by atoms with van der Waals surface area (Å²) in [6, 6.07) is 13.3. The average Bonchev–Trinajstić information content (AvgIpc) is 3.36. The Labute approximate surface area is 178 Å². The van der Waals surface area contributed by atoms with Crippen LogP contribution >= 0.6 is 11.3 Å². The summed E-state index contributed by atoms with van der Waals surface area (Å²) in [7, 11) is 3.12. The molecule has 2 heterocycles. The fourth-order valence-corrected chi connectivity index (χ4v) is 4.55. The lowest BCUT2D eigenvalue weighted by atomic mass is 10.1. The minimum atomic E-state index is -0.399. The maximum absolute atomic E-state index is 12.6. The summed E-state index contributed by atoms with van der Waals surface area (Å²) in [5.74, 6) is 0.578. The van der Waals surface area contributed by atoms with Crippen LogP contribution in [0.4, 0.5) is 5.69 Å². The molecule has 3 aromatic rings. The molecule has 156 valence electrons. The molecule has 2 amide bonds. The molecule has 30 heavy (non-hydrogen) atoms. The first-order chi connectivity index (χ1) is 14.6. The Hall–Kier alpha value is -3.13. The standard InChI is InChI=1S/C22H23N3O4S/c1-28-15-7-8-18(29-2)17(12-15)25-13-14(11-21(25)26)22(27)23-10-9-20-24-16-5-3-4-6-19(16)30-20/h3-8,12,14H,9-11,13H2,1-2H3,(H,23,27). The molecule has 0 aliphatic carbocycles. The highest BCUT2D eigenvalue weighted by Crippen LogP contribution is 2.36. The van der Waals surface area contributed by atoms with Gasteiger partial charge in [0, 0.05) is 32.0 Å². The van der Waals surface area contributed by atoms with Gasteiger partial charge >= 0.3 is 0 Å². The summed E-state index contributed by atoms with van der Waals surface area (Å²) in [5, 5.41) is 3.94. The quantitative estimate of drug-likeness (QED) is 0.629. The molecule has 1 saturated heterocycles. The van der Waals surface area contributed by atoms with Gasteiger partial charge in [0.05, 0.1) is 41.0 Å². The van der Waals surface area contributed by atoms with Gasteiger partial charge in [0.15, 0.2) is 0 Å². The molecule has 8 heteroatoms. The zero-order chi connectivity index (χ0) is 21.1. The van der Waals surface area contributed by atoms with E-state index in [4.69, 9.17) is 9.47 Å². The number of thiazole rings is 1. The Balaban J connectivity index is 1.37. The third-order valence-corrected chi connectivity index (χ3v) is 6.25. The highest BCUT2D eigenvalue weighted by Gasteiger charge is 2.36. The second-order valence-corrected chi connectivity index (χ2v) is 8.17. The van der Waals surface area contributed by atoms with Crippen LogP contribution in [0.2, 0.25) is 0 Å². The number of amides is 2. The molecule has 1 unspecified atom stereocenters. The lowest BCUT2D eigenvalue weighted by Crippen LogP contribution is -2.34. The fourth-order valence-electron chi connectivity index (χ4n) is 3.59. The smallest absolute Gasteiger partial charge is 0.227 e. The molecule has 0 saturated carbocycles. The van der Waals surface area contributed by atoms with Crippen LogP contribution in [-0.4, -0.2) is 44.1 Å². The van der Waals surface area contributed by atoms with Crippen molar-refractivity contribution in [3.8, 4) is 11.5 Å². The molecule has 7 nitrogen and oxygen atoms in total. The molecule has 0 bridgehead atoms. The number of carbonyl (C=O) groups excluding carboxylic acids is 2. The molecule has 4 rings (SSSR count). The van der Waals surface area contributed by atoms with E-state index in [9.17, 15) is 9.59 Å². The molecule has 1 atom stereocenters. The second-order valence-electron chi connectivity index (χ2n) is 7.06. The number of aromatic nitrogens is 1. The van der Waals surface area contributed by atoms with Crippen LogP contribution in [-0.2, 0) is 16.0 Å². The zero-order valence-corrected chi connectivity index (χ0v) is 17.7. The van der Waals surface area contributed by atoms with E-state index < -0.39 is 5.92 Å². The Morgan fingerprint density at radius 2 is 2.07 bits per heavy atom. The minimum Gasteiger partial charge on any atom is -0.497 e. The van der Waals surface area contributed by atoms with E-state index in [2.05, 4.69) is 10.3 Å². The van der Waals surface area contributed by atoms with E-state index in [-0.39, 0.29) is 18.2 Å². The molecule has 0 radical (unpaired) electrons. The molecule has 2 aromatic carbocycles. The number of nitrogens with one attached hydrogen (secondary N) is 1. The second kappa shape index (κ2) is 8.71. The molecule has 0 spiro atoms. The molecule has 1 fully saturated rings. The van der Waals surface area contributed by atoms with E-state index >= 15 is 0 Å². The summed E-state index contributed by atoms with van der Waals surface area (Å²) in [6.07, 6.45) is 0.840. The Morgan fingerprint density at radius 1 is 1.23 bits per heavy atom. The number of methoxy groups -OCH3 is 2. The SMILES string of the molecule is COc1ccc(OC)c(N2CC(C(=O)NCCc3nc4ccccc4s3)CC2=O)c1. The number of para-hydroxylation sites is 1. The summed E-state index contributed by atoms with van der Waals surface area (Å²) in [5.41, 5.74) is 1.60. The summed E-state index contributed by atoms with van der Waals surface area (Å²) < 4.78 is 11.8. The number of anilines is 1. The first-order valence-corrected chi connectivity index (χ1v) is 10.5. The van der Waals surface area contributed by atoms with Crippen molar-refractivity contribution in [2.75, 3.05) is 32.2 Å². The van der Waals surface area contributed by atoms with E-state index in [1.54, 1.807) is 48.7 Å². The third-order valence-electron chi connectivity index (χ3n) is 5.15. The highest BCUT2D eigenvalue weighted by atomic mass is 32.1. The van der Waals surface area contributed by atoms with Gasteiger partial charge in [-0.25, -0.2) is 4.98 Å². The fraction of sp³-hybridized carbons (Fsp3) is 0.318. The average molecular weight is 426 g/mol. The molecular weight excluding hydrogens is 402 g/mol. The molecular formula is C22H23N3O4S. The van der Waals surface area contributed by atoms with Gasteiger partial charge in [-0.05, 0) is 24.3 Å². The summed E-state index contributed by atoms with van der Waals surface area (Å²) in [6.45, 7) is 0.807. The first kappa shape index (κ1) is 20.2. The normalized spacial score (nSPS) is 16.1. The number of ether oxygens (including phenoxy) is 2. The van der Waals surface area contributed by atoms with E-state index in [0.717, 1.165) is 15.2 Å². The molecule has 1 aromatic heterocycles. The van der Waals surface area contributed by atoms with Gasteiger partial charge in [-0.3, -0.25) is 9.59 Å². The molecule has 1 N–H and O–H groups in total. The summed E-state index contributed by atoms with van der Waals surface area (Å²) in [4.78, 5) is 31.4. The molecule has 1 aliphatic rings. The van der Waals surface area contributed by atoms with Gasteiger partial charge in [0.2, 0.25) is 11.8 Å². The van der Waals surface area contributed by atoms with Gasteiger partial charge in [0.1, 0.15) is 11.5 Å². The Bertz CT molecular complexity index is 1050.